The number of alkyl carbamates (subject to hydrolysis) is 1. The third-order valence-corrected chi connectivity index (χ3v) is 3.71. The van der Waals surface area contributed by atoms with Crippen molar-refractivity contribution < 1.29 is 14.3 Å². The topological polar surface area (TPSA) is 47.6 Å². The van der Waals surface area contributed by atoms with Crippen LogP contribution in [0.15, 0.2) is 66.7 Å². The first-order valence-electron chi connectivity index (χ1n) is 9.26. The number of ether oxygens (including phenoxy) is 2. The van der Waals surface area contributed by atoms with Gasteiger partial charge in [0.25, 0.3) is 0 Å². The molecule has 2 rings (SSSR count). The summed E-state index contributed by atoms with van der Waals surface area (Å²) in [7, 11) is 0. The number of benzene rings is 2. The van der Waals surface area contributed by atoms with Crippen LogP contribution in [-0.4, -0.2) is 24.3 Å². The van der Waals surface area contributed by atoms with Crippen molar-refractivity contribution in [3.63, 3.8) is 0 Å². The van der Waals surface area contributed by atoms with Crippen LogP contribution in [0.1, 0.15) is 38.3 Å². The molecule has 0 spiro atoms. The predicted molar refractivity (Wildman–Crippen MR) is 109 cm³/mol. The quantitative estimate of drug-likeness (QED) is 0.697. The van der Waals surface area contributed by atoms with E-state index >= 15 is 0 Å². The Morgan fingerprint density at radius 2 is 1.67 bits per heavy atom. The van der Waals surface area contributed by atoms with Gasteiger partial charge in [-0.1, -0.05) is 72.8 Å². The molecular formula is C23H29NO3. The van der Waals surface area contributed by atoms with Gasteiger partial charge in [-0.3, -0.25) is 0 Å². The van der Waals surface area contributed by atoms with E-state index in [4.69, 9.17) is 9.47 Å². The Morgan fingerprint density at radius 3 is 2.30 bits per heavy atom. The van der Waals surface area contributed by atoms with Crippen LogP contribution in [0.3, 0.4) is 0 Å². The number of amides is 1. The highest BCUT2D eigenvalue weighted by Crippen LogP contribution is 2.10. The molecule has 0 fully saturated rings. The smallest absolute Gasteiger partial charge is 0.407 e. The first-order valence-corrected chi connectivity index (χ1v) is 9.26. The molecule has 2 aromatic rings. The number of rotatable bonds is 8. The van der Waals surface area contributed by atoms with Gasteiger partial charge in [0.05, 0.1) is 12.7 Å². The first-order chi connectivity index (χ1) is 12.9. The van der Waals surface area contributed by atoms with Crippen molar-refractivity contribution in [3.05, 3.63) is 77.9 Å². The van der Waals surface area contributed by atoms with Crippen molar-refractivity contribution in [2.24, 2.45) is 0 Å². The van der Waals surface area contributed by atoms with E-state index in [1.807, 2.05) is 69.3 Å². The van der Waals surface area contributed by atoms with E-state index in [0.29, 0.717) is 19.6 Å². The van der Waals surface area contributed by atoms with Gasteiger partial charge < -0.3 is 14.8 Å². The predicted octanol–water partition coefficient (Wildman–Crippen LogP) is 5.20. The highest BCUT2D eigenvalue weighted by molar-refractivity contribution is 5.67. The Morgan fingerprint density at radius 1 is 1.04 bits per heavy atom. The van der Waals surface area contributed by atoms with Gasteiger partial charge in [0.2, 0.25) is 0 Å². The lowest BCUT2D eigenvalue weighted by Gasteiger charge is -2.22. The Balaban J connectivity index is 1.90. The van der Waals surface area contributed by atoms with E-state index in [0.717, 1.165) is 11.1 Å². The molecule has 1 amide bonds. The second-order valence-corrected chi connectivity index (χ2v) is 7.35. The molecule has 0 unspecified atom stereocenters. The molecule has 0 bridgehead atoms. The molecule has 0 aliphatic heterocycles. The van der Waals surface area contributed by atoms with Gasteiger partial charge in [0, 0.05) is 6.54 Å². The molecule has 4 heteroatoms. The molecule has 0 aliphatic carbocycles. The second-order valence-electron chi connectivity index (χ2n) is 7.35. The molecule has 1 N–H and O–H groups in total. The minimum Gasteiger partial charge on any atom is -0.444 e. The van der Waals surface area contributed by atoms with E-state index in [9.17, 15) is 4.79 Å². The number of carbonyl (C=O) groups excluding carboxylic acids is 1. The van der Waals surface area contributed by atoms with Crippen LogP contribution in [0.2, 0.25) is 0 Å². The SMILES string of the molecule is CC(C)(C)OC(=O)NC[C@@H](C/C=C\c1ccccc1)OCc1ccccc1. The minimum atomic E-state index is -0.516. The van der Waals surface area contributed by atoms with Gasteiger partial charge >= 0.3 is 6.09 Å². The number of hydrogen-bond acceptors (Lipinski definition) is 3. The Kier molecular flexibility index (Phi) is 8.08. The summed E-state index contributed by atoms with van der Waals surface area (Å²) in [5.41, 5.74) is 1.73. The molecular weight excluding hydrogens is 338 g/mol. The van der Waals surface area contributed by atoms with E-state index in [1.54, 1.807) is 0 Å². The lowest BCUT2D eigenvalue weighted by atomic mass is 10.1. The van der Waals surface area contributed by atoms with Gasteiger partial charge in [-0.15, -0.1) is 0 Å². The van der Waals surface area contributed by atoms with Crippen molar-refractivity contribution in [2.75, 3.05) is 6.54 Å². The maximum atomic E-state index is 11.9. The van der Waals surface area contributed by atoms with Crippen LogP contribution in [-0.2, 0) is 16.1 Å². The molecule has 0 radical (unpaired) electrons. The van der Waals surface area contributed by atoms with Gasteiger partial charge in [-0.2, -0.15) is 0 Å². The summed E-state index contributed by atoms with van der Waals surface area (Å²) >= 11 is 0. The second kappa shape index (κ2) is 10.5. The van der Waals surface area contributed by atoms with Crippen molar-refractivity contribution in [1.29, 1.82) is 0 Å². The average molecular weight is 367 g/mol. The van der Waals surface area contributed by atoms with Gasteiger partial charge in [-0.05, 0) is 38.3 Å². The summed E-state index contributed by atoms with van der Waals surface area (Å²) in [5, 5.41) is 2.80. The van der Waals surface area contributed by atoms with Crippen molar-refractivity contribution in [1.82, 2.24) is 5.32 Å². The van der Waals surface area contributed by atoms with Crippen LogP contribution in [0.5, 0.6) is 0 Å². The molecule has 0 aromatic heterocycles. The zero-order chi connectivity index (χ0) is 19.5. The Labute approximate surface area is 162 Å². The highest BCUT2D eigenvalue weighted by Gasteiger charge is 2.17. The van der Waals surface area contributed by atoms with Crippen molar-refractivity contribution in [2.45, 2.75) is 45.5 Å². The standard InChI is InChI=1S/C23H29NO3/c1-23(2,3)27-22(25)24-17-21(26-18-20-13-8-5-9-14-20)16-10-15-19-11-6-4-7-12-19/h4-15,21H,16-18H2,1-3H3,(H,24,25)/b15-10-/t21-/m1/s1. The molecule has 0 heterocycles. The lowest BCUT2D eigenvalue weighted by molar-refractivity contribution is 0.0294. The number of carbonyl (C=O) groups is 1. The lowest BCUT2D eigenvalue weighted by Crippen LogP contribution is -2.37. The zero-order valence-electron chi connectivity index (χ0n) is 16.4. The summed E-state index contributed by atoms with van der Waals surface area (Å²) in [6.07, 6.45) is 4.26. The molecule has 144 valence electrons. The summed E-state index contributed by atoms with van der Waals surface area (Å²) in [6, 6.07) is 20.1. The summed E-state index contributed by atoms with van der Waals surface area (Å²) in [6.45, 7) is 6.43. The van der Waals surface area contributed by atoms with Crippen LogP contribution in [0.25, 0.3) is 6.08 Å². The van der Waals surface area contributed by atoms with Crippen LogP contribution in [0.4, 0.5) is 4.79 Å². The van der Waals surface area contributed by atoms with Crippen LogP contribution >= 0.6 is 0 Å². The van der Waals surface area contributed by atoms with Crippen LogP contribution < -0.4 is 5.32 Å². The fourth-order valence-electron chi connectivity index (χ4n) is 2.43. The van der Waals surface area contributed by atoms with Crippen molar-refractivity contribution >= 4 is 12.2 Å². The van der Waals surface area contributed by atoms with E-state index < -0.39 is 11.7 Å². The first kappa shape index (κ1) is 20.7. The Hall–Kier alpha value is -2.59. The number of nitrogens with one attached hydrogen (secondary N) is 1. The summed E-state index contributed by atoms with van der Waals surface area (Å²) < 4.78 is 11.3. The minimum absolute atomic E-state index is 0.141. The van der Waals surface area contributed by atoms with E-state index in [2.05, 4.69) is 29.6 Å². The van der Waals surface area contributed by atoms with E-state index in [-0.39, 0.29) is 6.10 Å². The summed E-state index contributed by atoms with van der Waals surface area (Å²) in [4.78, 5) is 11.9. The van der Waals surface area contributed by atoms with Gasteiger partial charge in [-0.25, -0.2) is 4.79 Å². The fourth-order valence-corrected chi connectivity index (χ4v) is 2.43. The monoisotopic (exact) mass is 367 g/mol. The largest absolute Gasteiger partial charge is 0.444 e. The third-order valence-electron chi connectivity index (χ3n) is 3.71. The third kappa shape index (κ3) is 9.06. The summed E-state index contributed by atoms with van der Waals surface area (Å²) in [5.74, 6) is 0. The van der Waals surface area contributed by atoms with Gasteiger partial charge in [0.1, 0.15) is 5.60 Å². The maximum absolute atomic E-state index is 11.9. The molecule has 0 saturated heterocycles. The zero-order valence-corrected chi connectivity index (χ0v) is 16.4. The fraction of sp³-hybridized carbons (Fsp3) is 0.348. The maximum Gasteiger partial charge on any atom is 0.407 e. The molecule has 27 heavy (non-hydrogen) atoms. The highest BCUT2D eigenvalue weighted by atomic mass is 16.6. The molecule has 0 saturated carbocycles. The average Bonchev–Trinajstić information content (AvgIpc) is 2.64. The molecule has 2 aromatic carbocycles. The Bertz CT molecular complexity index is 705. The molecule has 4 nitrogen and oxygen atoms in total. The van der Waals surface area contributed by atoms with E-state index in [1.165, 1.54) is 0 Å². The van der Waals surface area contributed by atoms with Crippen LogP contribution in [0, 0.1) is 0 Å². The normalized spacial score (nSPS) is 12.7. The molecule has 1 atom stereocenters. The van der Waals surface area contributed by atoms with Gasteiger partial charge in [0.15, 0.2) is 0 Å². The number of hydrogen-bond donors (Lipinski definition) is 1. The van der Waals surface area contributed by atoms with Crippen molar-refractivity contribution in [3.8, 4) is 0 Å². The molecule has 0 aliphatic rings.